The number of hydrogen-bond acceptors (Lipinski definition) is 7. The molecule has 0 fully saturated rings. The average molecular weight is 538 g/mol. The molecule has 206 valence electrons. The Hall–Kier alpha value is -4.50. The van der Waals surface area contributed by atoms with Crippen molar-refractivity contribution in [2.45, 2.75) is 12.8 Å². The summed E-state index contributed by atoms with van der Waals surface area (Å²) in [5, 5.41) is 7.11. The van der Waals surface area contributed by atoms with Crippen molar-refractivity contribution in [2.75, 3.05) is 58.1 Å². The van der Waals surface area contributed by atoms with Gasteiger partial charge in [-0.2, -0.15) is 0 Å². The molecule has 0 radical (unpaired) electrons. The number of ether oxygens (including phenoxy) is 2. The number of nitrogens with zero attached hydrogens (tertiary/aromatic N) is 5. The van der Waals surface area contributed by atoms with Gasteiger partial charge in [-0.3, -0.25) is 0 Å². The van der Waals surface area contributed by atoms with E-state index in [1.165, 1.54) is 0 Å². The lowest BCUT2D eigenvalue weighted by molar-refractivity contribution is 0.331. The molecule has 6 rings (SSSR count). The molecular weight excluding hydrogens is 502 g/mol. The van der Waals surface area contributed by atoms with E-state index in [0.29, 0.717) is 0 Å². The van der Waals surface area contributed by atoms with Gasteiger partial charge in [0.1, 0.15) is 11.5 Å². The second kappa shape index (κ2) is 11.3. The molecule has 4 aromatic heterocycles. The Morgan fingerprint density at radius 3 is 1.60 bits per heavy atom. The van der Waals surface area contributed by atoms with Gasteiger partial charge in [-0.15, -0.1) is 0 Å². The lowest BCUT2D eigenvalue weighted by Gasteiger charge is -2.18. The third kappa shape index (κ3) is 5.08. The van der Waals surface area contributed by atoms with Crippen molar-refractivity contribution >= 4 is 44.7 Å². The number of aromatic nitrogens is 4. The van der Waals surface area contributed by atoms with Crippen LogP contribution in [-0.2, 0) is 0 Å². The van der Waals surface area contributed by atoms with Crippen molar-refractivity contribution in [3.63, 3.8) is 0 Å². The van der Waals surface area contributed by atoms with Crippen molar-refractivity contribution in [1.29, 1.82) is 0 Å². The van der Waals surface area contributed by atoms with Gasteiger partial charge in [-0.25, -0.2) is 9.97 Å². The lowest BCUT2D eigenvalue weighted by atomic mass is 10.2. The topological polar surface area (TPSA) is 80.4 Å². The normalized spacial score (nSPS) is 11.7. The van der Waals surface area contributed by atoms with E-state index in [1.54, 1.807) is 14.2 Å². The summed E-state index contributed by atoms with van der Waals surface area (Å²) in [7, 11) is 5.54. The van der Waals surface area contributed by atoms with E-state index in [9.17, 15) is 0 Å². The van der Waals surface area contributed by atoms with E-state index in [0.717, 1.165) is 95.3 Å². The Morgan fingerprint density at radius 1 is 0.675 bits per heavy atom. The summed E-state index contributed by atoms with van der Waals surface area (Å²) in [6.07, 6.45) is 6.19. The van der Waals surface area contributed by atoms with Crippen molar-refractivity contribution < 1.29 is 9.47 Å². The third-order valence-corrected chi connectivity index (χ3v) is 7.35. The van der Waals surface area contributed by atoms with Crippen molar-refractivity contribution in [1.82, 2.24) is 23.7 Å². The molecule has 2 N–H and O–H groups in total. The fraction of sp³-hybridized carbons (Fsp3) is 0.290. The Bertz CT molecular complexity index is 1640. The molecule has 40 heavy (non-hydrogen) atoms. The molecule has 6 aromatic rings. The van der Waals surface area contributed by atoms with Crippen LogP contribution >= 0.6 is 0 Å². The Morgan fingerprint density at radius 2 is 1.15 bits per heavy atom. The van der Waals surface area contributed by atoms with Gasteiger partial charge < -0.3 is 33.8 Å². The van der Waals surface area contributed by atoms with E-state index in [-0.39, 0.29) is 0 Å². The third-order valence-electron chi connectivity index (χ3n) is 7.35. The maximum absolute atomic E-state index is 5.40. The number of anilines is 2. The zero-order chi connectivity index (χ0) is 27.5. The first-order chi connectivity index (χ1) is 19.6. The van der Waals surface area contributed by atoms with Gasteiger partial charge in [0, 0.05) is 37.6 Å². The molecule has 0 saturated heterocycles. The molecule has 0 spiro atoms. The minimum absolute atomic E-state index is 0.808. The van der Waals surface area contributed by atoms with E-state index in [1.807, 2.05) is 24.3 Å². The fourth-order valence-corrected chi connectivity index (χ4v) is 5.25. The van der Waals surface area contributed by atoms with Crippen LogP contribution in [0.15, 0.2) is 73.1 Å². The van der Waals surface area contributed by atoms with Gasteiger partial charge >= 0.3 is 0 Å². The average Bonchev–Trinajstić information content (AvgIpc) is 3.68. The van der Waals surface area contributed by atoms with Crippen LogP contribution in [-0.4, -0.2) is 71.1 Å². The van der Waals surface area contributed by atoms with Crippen molar-refractivity contribution in [3.8, 4) is 11.5 Å². The first kappa shape index (κ1) is 25.8. The predicted octanol–water partition coefficient (Wildman–Crippen LogP) is 5.54. The number of fused-ring (bicyclic) bond motifs is 6. The highest BCUT2D eigenvalue weighted by Crippen LogP contribution is 2.27. The van der Waals surface area contributed by atoms with Gasteiger partial charge in [-0.05, 0) is 81.5 Å². The van der Waals surface area contributed by atoms with Crippen LogP contribution in [0, 0.1) is 0 Å². The van der Waals surface area contributed by atoms with Gasteiger partial charge in [0.05, 0.1) is 47.3 Å². The summed E-state index contributed by atoms with van der Waals surface area (Å²) >= 11 is 0. The quantitative estimate of drug-likeness (QED) is 0.198. The van der Waals surface area contributed by atoms with Crippen molar-refractivity contribution in [3.05, 3.63) is 73.1 Å². The highest BCUT2D eigenvalue weighted by molar-refractivity contribution is 5.86. The molecule has 2 aromatic carbocycles. The molecule has 0 bridgehead atoms. The van der Waals surface area contributed by atoms with Crippen LogP contribution in [0.3, 0.4) is 0 Å². The van der Waals surface area contributed by atoms with Crippen molar-refractivity contribution in [2.24, 2.45) is 0 Å². The van der Waals surface area contributed by atoms with Gasteiger partial charge in [0.25, 0.3) is 0 Å². The second-order valence-corrected chi connectivity index (χ2v) is 10.0. The van der Waals surface area contributed by atoms with Crippen LogP contribution in [0.1, 0.15) is 12.8 Å². The van der Waals surface area contributed by atoms with Crippen LogP contribution < -0.4 is 20.1 Å². The largest absolute Gasteiger partial charge is 0.497 e. The van der Waals surface area contributed by atoms with Gasteiger partial charge in [0.15, 0.2) is 11.6 Å². The maximum atomic E-state index is 5.40. The summed E-state index contributed by atoms with van der Waals surface area (Å²) in [6.45, 7) is 3.70. The van der Waals surface area contributed by atoms with Gasteiger partial charge in [-0.1, -0.05) is 0 Å². The number of nitrogens with one attached hydrogen (secondary N) is 2. The predicted molar refractivity (Wildman–Crippen MR) is 162 cm³/mol. The van der Waals surface area contributed by atoms with Crippen LogP contribution in [0.2, 0.25) is 0 Å². The number of benzene rings is 2. The zero-order valence-electron chi connectivity index (χ0n) is 23.2. The molecule has 0 aliphatic rings. The summed E-state index contributed by atoms with van der Waals surface area (Å²) < 4.78 is 15.1. The van der Waals surface area contributed by atoms with E-state index < -0.39 is 0 Å². The SMILES string of the molecule is COc1ccc2c(c1)nc(NCCCN(C)CCCNc1nc3cc(OC)ccc3n3cccc13)c1cccn12. The summed E-state index contributed by atoms with van der Waals surface area (Å²) in [5.74, 6) is 3.41. The highest BCUT2D eigenvalue weighted by Gasteiger charge is 2.11. The lowest BCUT2D eigenvalue weighted by Crippen LogP contribution is -2.24. The summed E-state index contributed by atoms with van der Waals surface area (Å²) in [5.41, 5.74) is 6.11. The molecule has 0 amide bonds. The van der Waals surface area contributed by atoms with E-state index >= 15 is 0 Å². The second-order valence-electron chi connectivity index (χ2n) is 10.0. The number of hydrogen-bond donors (Lipinski definition) is 2. The smallest absolute Gasteiger partial charge is 0.151 e. The molecule has 0 aliphatic heterocycles. The zero-order valence-corrected chi connectivity index (χ0v) is 23.2. The number of methoxy groups -OCH3 is 2. The van der Waals surface area contributed by atoms with E-state index in [2.05, 4.69) is 80.2 Å². The first-order valence-corrected chi connectivity index (χ1v) is 13.7. The number of rotatable bonds is 12. The molecule has 0 aliphatic carbocycles. The highest BCUT2D eigenvalue weighted by atomic mass is 16.5. The summed E-state index contributed by atoms with van der Waals surface area (Å²) in [4.78, 5) is 12.2. The molecule has 0 unspecified atom stereocenters. The monoisotopic (exact) mass is 537 g/mol. The maximum Gasteiger partial charge on any atom is 0.151 e. The first-order valence-electron chi connectivity index (χ1n) is 13.7. The molecular formula is C31H35N7O2. The Balaban J connectivity index is 1.00. The molecule has 9 heteroatoms. The van der Waals surface area contributed by atoms with Crippen LogP contribution in [0.25, 0.3) is 33.1 Å². The molecule has 0 atom stereocenters. The van der Waals surface area contributed by atoms with E-state index in [4.69, 9.17) is 19.4 Å². The summed E-state index contributed by atoms with van der Waals surface area (Å²) in [6, 6.07) is 20.3. The Kier molecular flexibility index (Phi) is 7.29. The van der Waals surface area contributed by atoms with Crippen LogP contribution in [0.5, 0.6) is 11.5 Å². The van der Waals surface area contributed by atoms with Crippen LogP contribution in [0.4, 0.5) is 11.6 Å². The van der Waals surface area contributed by atoms with Gasteiger partial charge in [0.2, 0.25) is 0 Å². The standard InChI is InChI=1S/C31H35N7O2/c1-36(16-6-14-32-30-28-8-4-18-37(28)26-12-10-22(39-2)20-24(26)34-30)17-7-15-33-31-29-9-5-19-38(29)27-13-11-23(40-3)21-25(27)35-31/h4-5,8-13,18-21H,6-7,14-17H2,1-3H3,(H,32,34)(H,33,35). The molecule has 4 heterocycles. The fourth-order valence-electron chi connectivity index (χ4n) is 5.25. The minimum Gasteiger partial charge on any atom is -0.497 e. The minimum atomic E-state index is 0.808. The molecule has 0 saturated carbocycles. The Labute approximate surface area is 233 Å². The molecule has 9 nitrogen and oxygen atoms in total.